The lowest BCUT2D eigenvalue weighted by atomic mass is 10.1. The minimum atomic E-state index is 0.0324. The molecule has 1 amide bonds. The zero-order valence-electron chi connectivity index (χ0n) is 12.0. The number of amidine groups is 1. The summed E-state index contributed by atoms with van der Waals surface area (Å²) in [5.74, 6) is 0.189. The third-order valence-corrected chi connectivity index (χ3v) is 3.45. The van der Waals surface area contributed by atoms with Crippen LogP contribution in [0.4, 0.5) is 0 Å². The van der Waals surface area contributed by atoms with Gasteiger partial charge in [0.1, 0.15) is 5.84 Å². The molecule has 0 bridgehead atoms. The highest BCUT2D eigenvalue weighted by Crippen LogP contribution is 2.28. The van der Waals surface area contributed by atoms with E-state index < -0.39 is 0 Å². The van der Waals surface area contributed by atoms with Gasteiger partial charge in [-0.2, -0.15) is 0 Å². The maximum atomic E-state index is 12.6. The lowest BCUT2D eigenvalue weighted by Gasteiger charge is -2.22. The predicted molar refractivity (Wildman–Crippen MR) is 78.0 cm³/mol. The van der Waals surface area contributed by atoms with E-state index >= 15 is 0 Å². The van der Waals surface area contributed by atoms with Crippen LogP contribution in [-0.2, 0) is 0 Å². The lowest BCUT2D eigenvalue weighted by Crippen LogP contribution is -2.36. The fraction of sp³-hybridized carbons (Fsp3) is 0.467. The topological polar surface area (TPSA) is 78.9 Å². The number of carbonyl (C=O) groups is 1. The van der Waals surface area contributed by atoms with Crippen molar-refractivity contribution in [3.63, 3.8) is 0 Å². The van der Waals surface area contributed by atoms with Crippen molar-refractivity contribution in [2.24, 2.45) is 10.9 Å². The number of nitrogens with zero attached hydrogens (tertiary/aromatic N) is 2. The van der Waals surface area contributed by atoms with E-state index in [1.165, 1.54) is 0 Å². The molecule has 108 valence electrons. The number of carbonyl (C=O) groups excluding carboxylic acids is 1. The monoisotopic (exact) mass is 275 g/mol. The van der Waals surface area contributed by atoms with Crippen molar-refractivity contribution in [2.45, 2.75) is 39.2 Å². The smallest absolute Gasteiger partial charge is 0.254 e. The van der Waals surface area contributed by atoms with Gasteiger partial charge in [-0.25, -0.2) is 0 Å². The molecule has 0 unspecified atom stereocenters. The molecule has 1 aliphatic carbocycles. The van der Waals surface area contributed by atoms with Crippen LogP contribution in [0.2, 0.25) is 0 Å². The molecule has 1 aromatic rings. The molecule has 1 aromatic carbocycles. The van der Waals surface area contributed by atoms with Gasteiger partial charge in [0, 0.05) is 24.6 Å². The molecule has 0 spiro atoms. The van der Waals surface area contributed by atoms with Crippen molar-refractivity contribution in [1.29, 1.82) is 0 Å². The Hall–Kier alpha value is -2.04. The second kappa shape index (κ2) is 5.94. The zero-order valence-corrected chi connectivity index (χ0v) is 12.0. The van der Waals surface area contributed by atoms with Crippen molar-refractivity contribution >= 4 is 11.7 Å². The maximum absolute atomic E-state index is 12.6. The van der Waals surface area contributed by atoms with Crippen LogP contribution in [0.15, 0.2) is 23.4 Å². The third-order valence-electron chi connectivity index (χ3n) is 3.45. The molecule has 1 fully saturated rings. The molecule has 1 aliphatic rings. The van der Waals surface area contributed by atoms with Gasteiger partial charge in [-0.3, -0.25) is 4.79 Å². The SMILES string of the molecule is Cc1cc(C)cc(C(=O)N(CCC(N)=NO)C2CC2)c1. The minimum Gasteiger partial charge on any atom is -0.409 e. The molecular formula is C15H21N3O2. The molecule has 0 aromatic heterocycles. The Labute approximate surface area is 119 Å². The molecule has 0 atom stereocenters. The second-order valence-corrected chi connectivity index (χ2v) is 5.45. The number of hydrogen-bond acceptors (Lipinski definition) is 3. The van der Waals surface area contributed by atoms with Gasteiger partial charge < -0.3 is 15.8 Å². The van der Waals surface area contributed by atoms with Crippen LogP contribution >= 0.6 is 0 Å². The minimum absolute atomic E-state index is 0.0324. The van der Waals surface area contributed by atoms with Crippen LogP contribution in [0.1, 0.15) is 40.7 Å². The highest BCUT2D eigenvalue weighted by Gasteiger charge is 2.32. The fourth-order valence-corrected chi connectivity index (χ4v) is 2.39. The number of aryl methyl sites for hydroxylation is 2. The number of hydrogen-bond donors (Lipinski definition) is 2. The molecule has 2 rings (SSSR count). The Balaban J connectivity index is 2.14. The van der Waals surface area contributed by atoms with Crippen LogP contribution in [-0.4, -0.2) is 34.4 Å². The first-order valence-corrected chi connectivity index (χ1v) is 6.87. The van der Waals surface area contributed by atoms with E-state index in [2.05, 4.69) is 11.2 Å². The Bertz CT molecular complexity index is 516. The molecule has 5 nitrogen and oxygen atoms in total. The van der Waals surface area contributed by atoms with Gasteiger partial charge in [0.25, 0.3) is 5.91 Å². The van der Waals surface area contributed by atoms with Crippen LogP contribution in [0, 0.1) is 13.8 Å². The Kier molecular flexibility index (Phi) is 4.27. The predicted octanol–water partition coefficient (Wildman–Crippen LogP) is 2.04. The van der Waals surface area contributed by atoms with E-state index in [4.69, 9.17) is 10.9 Å². The lowest BCUT2D eigenvalue weighted by molar-refractivity contribution is 0.0747. The van der Waals surface area contributed by atoms with Gasteiger partial charge in [-0.15, -0.1) is 0 Å². The van der Waals surface area contributed by atoms with Crippen LogP contribution in [0.3, 0.4) is 0 Å². The molecular weight excluding hydrogens is 254 g/mol. The number of nitrogens with two attached hydrogens (primary N) is 1. The first-order valence-electron chi connectivity index (χ1n) is 6.87. The molecule has 1 saturated carbocycles. The van der Waals surface area contributed by atoms with Gasteiger partial charge in [0.15, 0.2) is 0 Å². The van der Waals surface area contributed by atoms with E-state index in [1.807, 2.05) is 30.9 Å². The summed E-state index contributed by atoms with van der Waals surface area (Å²) in [5, 5.41) is 11.5. The van der Waals surface area contributed by atoms with Gasteiger partial charge in [0.2, 0.25) is 0 Å². The number of rotatable bonds is 5. The summed E-state index contributed by atoms with van der Waals surface area (Å²) in [4.78, 5) is 14.5. The van der Waals surface area contributed by atoms with Gasteiger partial charge in [-0.05, 0) is 38.8 Å². The molecule has 5 heteroatoms. The van der Waals surface area contributed by atoms with E-state index in [0.717, 1.165) is 24.0 Å². The molecule has 0 saturated heterocycles. The summed E-state index contributed by atoms with van der Waals surface area (Å²) >= 11 is 0. The largest absolute Gasteiger partial charge is 0.409 e. The summed E-state index contributed by atoms with van der Waals surface area (Å²) in [6.45, 7) is 4.47. The molecule has 20 heavy (non-hydrogen) atoms. The first kappa shape index (κ1) is 14.4. The van der Waals surface area contributed by atoms with Gasteiger partial charge in [-0.1, -0.05) is 22.3 Å². The van der Waals surface area contributed by atoms with E-state index in [1.54, 1.807) is 0 Å². The number of benzene rings is 1. The normalized spacial score (nSPS) is 15.2. The average Bonchev–Trinajstić information content (AvgIpc) is 3.21. The van der Waals surface area contributed by atoms with Crippen molar-refractivity contribution in [1.82, 2.24) is 4.90 Å². The Morgan fingerprint density at radius 2 is 1.95 bits per heavy atom. The summed E-state index contributed by atoms with van der Waals surface area (Å²) in [5.41, 5.74) is 8.38. The standard InChI is InChI=1S/C15H21N3O2/c1-10-7-11(2)9-12(8-10)15(19)18(13-3-4-13)6-5-14(16)17-20/h7-9,13,20H,3-6H2,1-2H3,(H2,16,17). The average molecular weight is 275 g/mol. The summed E-state index contributed by atoms with van der Waals surface area (Å²) in [7, 11) is 0. The van der Waals surface area contributed by atoms with Crippen molar-refractivity contribution in [3.8, 4) is 0 Å². The summed E-state index contributed by atoms with van der Waals surface area (Å²) < 4.78 is 0. The van der Waals surface area contributed by atoms with Gasteiger partial charge in [0.05, 0.1) is 0 Å². The van der Waals surface area contributed by atoms with E-state index in [9.17, 15) is 4.79 Å². The first-order chi connectivity index (χ1) is 9.51. The van der Waals surface area contributed by atoms with Crippen molar-refractivity contribution in [3.05, 3.63) is 34.9 Å². The number of oxime groups is 1. The molecule has 0 radical (unpaired) electrons. The summed E-state index contributed by atoms with van der Waals surface area (Å²) in [6, 6.07) is 6.17. The molecule has 3 N–H and O–H groups in total. The Morgan fingerprint density at radius 1 is 1.35 bits per heavy atom. The quantitative estimate of drug-likeness (QED) is 0.373. The number of amides is 1. The Morgan fingerprint density at radius 3 is 2.45 bits per heavy atom. The van der Waals surface area contributed by atoms with Crippen LogP contribution < -0.4 is 5.73 Å². The second-order valence-electron chi connectivity index (χ2n) is 5.45. The fourth-order valence-electron chi connectivity index (χ4n) is 2.39. The van der Waals surface area contributed by atoms with Crippen LogP contribution in [0.25, 0.3) is 0 Å². The summed E-state index contributed by atoms with van der Waals surface area (Å²) in [6.07, 6.45) is 2.46. The van der Waals surface area contributed by atoms with E-state index in [0.29, 0.717) is 24.6 Å². The zero-order chi connectivity index (χ0) is 14.7. The van der Waals surface area contributed by atoms with Crippen molar-refractivity contribution < 1.29 is 10.0 Å². The van der Waals surface area contributed by atoms with Gasteiger partial charge >= 0.3 is 0 Å². The highest BCUT2D eigenvalue weighted by molar-refractivity contribution is 5.95. The third kappa shape index (κ3) is 3.50. The molecule has 0 aliphatic heterocycles. The highest BCUT2D eigenvalue weighted by atomic mass is 16.4. The maximum Gasteiger partial charge on any atom is 0.254 e. The van der Waals surface area contributed by atoms with Crippen molar-refractivity contribution in [2.75, 3.05) is 6.54 Å². The van der Waals surface area contributed by atoms with Crippen LogP contribution in [0.5, 0.6) is 0 Å². The molecule has 0 heterocycles. The van der Waals surface area contributed by atoms with E-state index in [-0.39, 0.29) is 11.7 Å².